The molecule has 1 aromatic rings. The van der Waals surface area contributed by atoms with Crippen molar-refractivity contribution in [1.29, 1.82) is 0 Å². The van der Waals surface area contributed by atoms with Crippen LogP contribution in [0.2, 0.25) is 5.02 Å². The average Bonchev–Trinajstić information content (AvgIpc) is 2.17. The summed E-state index contributed by atoms with van der Waals surface area (Å²) >= 11 is 5.79. The Morgan fingerprint density at radius 2 is 2.00 bits per heavy atom. The van der Waals surface area contributed by atoms with E-state index in [4.69, 9.17) is 17.3 Å². The second-order valence-corrected chi connectivity index (χ2v) is 4.05. The summed E-state index contributed by atoms with van der Waals surface area (Å²) in [5, 5.41) is 0.712. The molecule has 0 aromatic heterocycles. The van der Waals surface area contributed by atoms with Crippen molar-refractivity contribution in [3.63, 3.8) is 0 Å². The summed E-state index contributed by atoms with van der Waals surface area (Å²) in [4.78, 5) is 12.7. The van der Waals surface area contributed by atoms with Crippen LogP contribution >= 0.6 is 11.6 Å². The molecule has 0 aliphatic carbocycles. The number of hydrogen-bond donors (Lipinski definition) is 1. The Hall–Kier alpha value is -1.06. The first kappa shape index (κ1) is 12.0. The minimum absolute atomic E-state index is 0.148. The van der Waals surface area contributed by atoms with Gasteiger partial charge in [0.1, 0.15) is 0 Å². The van der Waals surface area contributed by atoms with Crippen LogP contribution in [0.3, 0.4) is 0 Å². The van der Waals surface area contributed by atoms with E-state index in [-0.39, 0.29) is 18.5 Å². The van der Waals surface area contributed by atoms with Gasteiger partial charge in [0, 0.05) is 11.1 Å². The van der Waals surface area contributed by atoms with E-state index in [2.05, 4.69) is 0 Å². The van der Waals surface area contributed by atoms with Crippen LogP contribution in [0, 0.1) is 0 Å². The molecule has 3 nitrogen and oxygen atoms in total. The van der Waals surface area contributed by atoms with Crippen LogP contribution in [0.5, 0.6) is 0 Å². The molecule has 1 aromatic carbocycles. The molecule has 4 heteroatoms. The fraction of sp³-hybridized carbons (Fsp3) is 0.364. The van der Waals surface area contributed by atoms with E-state index < -0.39 is 0 Å². The normalized spacial score (nSPS) is 12.8. The third kappa shape index (κ3) is 3.53. The van der Waals surface area contributed by atoms with E-state index in [1.165, 1.54) is 0 Å². The number of nitrogens with two attached hydrogens (primary N) is 1. The molecule has 82 valence electrons. The van der Waals surface area contributed by atoms with Gasteiger partial charge in [-0.2, -0.15) is 0 Å². The molecule has 0 saturated carbocycles. The van der Waals surface area contributed by atoms with E-state index in [1.807, 2.05) is 43.1 Å². The Bertz CT molecular complexity index is 337. The van der Waals surface area contributed by atoms with Gasteiger partial charge >= 0.3 is 0 Å². The third-order valence-corrected chi connectivity index (χ3v) is 2.67. The Morgan fingerprint density at radius 3 is 2.47 bits per heavy atom. The highest BCUT2D eigenvalue weighted by atomic mass is 35.5. The summed E-state index contributed by atoms with van der Waals surface area (Å²) in [6.45, 7) is 2.27. The second-order valence-electron chi connectivity index (χ2n) is 3.61. The molecule has 0 spiro atoms. The van der Waals surface area contributed by atoms with Crippen LogP contribution in [-0.4, -0.2) is 24.4 Å². The molecule has 0 heterocycles. The fourth-order valence-electron chi connectivity index (χ4n) is 1.38. The maximum absolute atomic E-state index is 10.8. The Balaban J connectivity index is 2.71. The van der Waals surface area contributed by atoms with Crippen molar-refractivity contribution in [3.05, 3.63) is 34.9 Å². The summed E-state index contributed by atoms with van der Waals surface area (Å²) in [5.74, 6) is -0.321. The van der Waals surface area contributed by atoms with Crippen LogP contribution in [0.1, 0.15) is 18.5 Å². The molecule has 15 heavy (non-hydrogen) atoms. The van der Waals surface area contributed by atoms with Crippen molar-refractivity contribution in [2.24, 2.45) is 5.73 Å². The first-order chi connectivity index (χ1) is 7.00. The number of likely N-dealkylation sites (N-methyl/N-ethyl adjacent to an activating group) is 1. The molecule has 1 amide bonds. The summed E-state index contributed by atoms with van der Waals surface area (Å²) in [6, 6.07) is 7.72. The standard InChI is InChI=1S/C11H15ClN2O/c1-8(14(2)7-11(13)15)9-3-5-10(12)6-4-9/h3-6,8H,7H2,1-2H3,(H2,13,15). The first-order valence-electron chi connectivity index (χ1n) is 4.74. The van der Waals surface area contributed by atoms with Gasteiger partial charge in [0.15, 0.2) is 0 Å². The number of hydrogen-bond acceptors (Lipinski definition) is 2. The molecule has 0 radical (unpaired) electrons. The van der Waals surface area contributed by atoms with Gasteiger partial charge in [0.25, 0.3) is 0 Å². The highest BCUT2D eigenvalue weighted by Gasteiger charge is 2.12. The van der Waals surface area contributed by atoms with Crippen molar-refractivity contribution in [1.82, 2.24) is 4.90 Å². The maximum atomic E-state index is 10.8. The fourth-order valence-corrected chi connectivity index (χ4v) is 1.50. The summed E-state index contributed by atoms with van der Waals surface area (Å²) in [7, 11) is 1.87. The smallest absolute Gasteiger partial charge is 0.231 e. The van der Waals surface area contributed by atoms with Crippen molar-refractivity contribution in [3.8, 4) is 0 Å². The van der Waals surface area contributed by atoms with Crippen molar-refractivity contribution < 1.29 is 4.79 Å². The van der Waals surface area contributed by atoms with Gasteiger partial charge in [-0.25, -0.2) is 0 Å². The Kier molecular flexibility index (Phi) is 4.12. The Morgan fingerprint density at radius 1 is 1.47 bits per heavy atom. The second kappa shape index (κ2) is 5.14. The zero-order valence-corrected chi connectivity index (χ0v) is 9.66. The van der Waals surface area contributed by atoms with Crippen molar-refractivity contribution in [2.75, 3.05) is 13.6 Å². The number of primary amides is 1. The van der Waals surface area contributed by atoms with E-state index in [0.29, 0.717) is 5.02 Å². The minimum atomic E-state index is -0.321. The molecule has 0 aliphatic rings. The van der Waals surface area contributed by atoms with E-state index in [9.17, 15) is 4.79 Å². The number of benzene rings is 1. The average molecular weight is 227 g/mol. The number of nitrogens with zero attached hydrogens (tertiary/aromatic N) is 1. The van der Waals surface area contributed by atoms with E-state index in [0.717, 1.165) is 5.56 Å². The molecule has 2 N–H and O–H groups in total. The first-order valence-corrected chi connectivity index (χ1v) is 5.12. The van der Waals surface area contributed by atoms with Crippen LogP contribution in [0.4, 0.5) is 0 Å². The van der Waals surface area contributed by atoms with Crippen LogP contribution < -0.4 is 5.73 Å². The number of carbonyl (C=O) groups excluding carboxylic acids is 1. The molecule has 1 unspecified atom stereocenters. The summed E-state index contributed by atoms with van der Waals surface area (Å²) in [5.41, 5.74) is 6.25. The van der Waals surface area contributed by atoms with Gasteiger partial charge in [-0.15, -0.1) is 0 Å². The highest BCUT2D eigenvalue weighted by Crippen LogP contribution is 2.20. The molecule has 0 bridgehead atoms. The molecule has 1 atom stereocenters. The SMILES string of the molecule is CC(c1ccc(Cl)cc1)N(C)CC(N)=O. The summed E-state index contributed by atoms with van der Waals surface area (Å²) in [6.07, 6.45) is 0. The van der Waals surface area contributed by atoms with Crippen molar-refractivity contribution >= 4 is 17.5 Å². The topological polar surface area (TPSA) is 46.3 Å². The number of amides is 1. The van der Waals surface area contributed by atoms with Crippen LogP contribution in [0.25, 0.3) is 0 Å². The number of halogens is 1. The minimum Gasteiger partial charge on any atom is -0.369 e. The predicted octanol–water partition coefficient (Wildman–Crippen LogP) is 1.82. The molecule has 0 fully saturated rings. The van der Waals surface area contributed by atoms with Gasteiger partial charge < -0.3 is 5.73 Å². The lowest BCUT2D eigenvalue weighted by Gasteiger charge is -2.23. The molecule has 1 rings (SSSR count). The zero-order valence-electron chi connectivity index (χ0n) is 8.90. The summed E-state index contributed by atoms with van der Waals surface area (Å²) < 4.78 is 0. The largest absolute Gasteiger partial charge is 0.369 e. The lowest BCUT2D eigenvalue weighted by Crippen LogP contribution is -2.32. The van der Waals surface area contributed by atoms with Gasteiger partial charge in [-0.05, 0) is 31.7 Å². The van der Waals surface area contributed by atoms with Crippen LogP contribution in [-0.2, 0) is 4.79 Å². The van der Waals surface area contributed by atoms with Crippen molar-refractivity contribution in [2.45, 2.75) is 13.0 Å². The lowest BCUT2D eigenvalue weighted by atomic mass is 10.1. The van der Waals surface area contributed by atoms with E-state index in [1.54, 1.807) is 0 Å². The quantitative estimate of drug-likeness (QED) is 0.851. The molecule has 0 saturated heterocycles. The van der Waals surface area contributed by atoms with Crippen LogP contribution in [0.15, 0.2) is 24.3 Å². The van der Waals surface area contributed by atoms with Gasteiger partial charge in [0.2, 0.25) is 5.91 Å². The van der Waals surface area contributed by atoms with Gasteiger partial charge in [-0.1, -0.05) is 23.7 Å². The number of carbonyl (C=O) groups is 1. The monoisotopic (exact) mass is 226 g/mol. The van der Waals surface area contributed by atoms with Gasteiger partial charge in [0.05, 0.1) is 6.54 Å². The Labute approximate surface area is 94.8 Å². The lowest BCUT2D eigenvalue weighted by molar-refractivity contribution is -0.119. The zero-order chi connectivity index (χ0) is 11.4. The van der Waals surface area contributed by atoms with Gasteiger partial charge in [-0.3, -0.25) is 9.69 Å². The molecular weight excluding hydrogens is 212 g/mol. The molecule has 0 aliphatic heterocycles. The highest BCUT2D eigenvalue weighted by molar-refractivity contribution is 6.30. The predicted molar refractivity (Wildman–Crippen MR) is 61.7 cm³/mol. The van der Waals surface area contributed by atoms with E-state index >= 15 is 0 Å². The third-order valence-electron chi connectivity index (χ3n) is 2.42. The molecular formula is C11H15ClN2O. The number of rotatable bonds is 4. The maximum Gasteiger partial charge on any atom is 0.231 e.